The summed E-state index contributed by atoms with van der Waals surface area (Å²) in [7, 11) is -2.45. The molecule has 0 radical (unpaired) electrons. The summed E-state index contributed by atoms with van der Waals surface area (Å²) in [4.78, 5) is 16.1. The Labute approximate surface area is 176 Å². The number of methoxy groups -OCH3 is 1. The lowest BCUT2D eigenvalue weighted by Gasteiger charge is -2.17. The summed E-state index contributed by atoms with van der Waals surface area (Å²) in [6.45, 7) is -1.02. The van der Waals surface area contributed by atoms with Crippen LogP contribution in [0.4, 0.5) is 14.6 Å². The number of sulfonamides is 1. The zero-order chi connectivity index (χ0) is 22.4. The van der Waals surface area contributed by atoms with Crippen LogP contribution in [0.15, 0.2) is 42.7 Å². The first-order valence-corrected chi connectivity index (χ1v) is 10.5. The molecule has 1 aromatic carbocycles. The number of hydrogen-bond acceptors (Lipinski definition) is 9. The van der Waals surface area contributed by atoms with Gasteiger partial charge in [-0.05, 0) is 18.2 Å². The minimum Gasteiger partial charge on any atom is -0.493 e. The molecule has 0 atom stereocenters. The van der Waals surface area contributed by atoms with E-state index >= 15 is 0 Å². The van der Waals surface area contributed by atoms with Crippen molar-refractivity contribution in [3.63, 3.8) is 0 Å². The SMILES string of the molecule is COc1ccccc1Oc1c(NS(C)(=O)=O)nc(-c2ncccn2)nc1OCC(F)F. The summed E-state index contributed by atoms with van der Waals surface area (Å²) in [6.07, 6.45) is 0.889. The Morgan fingerprint density at radius 2 is 1.71 bits per heavy atom. The Balaban J connectivity index is 2.18. The molecule has 164 valence electrons. The number of halogens is 2. The lowest BCUT2D eigenvalue weighted by Crippen LogP contribution is -2.15. The molecule has 0 amide bonds. The Kier molecular flexibility index (Phi) is 6.74. The molecular weight excluding hydrogens is 436 g/mol. The van der Waals surface area contributed by atoms with Crippen LogP contribution in [0.1, 0.15) is 0 Å². The van der Waals surface area contributed by atoms with E-state index in [1.54, 1.807) is 24.3 Å². The van der Waals surface area contributed by atoms with Gasteiger partial charge in [0, 0.05) is 12.4 Å². The number of aromatic nitrogens is 4. The van der Waals surface area contributed by atoms with Crippen molar-refractivity contribution in [2.75, 3.05) is 24.7 Å². The van der Waals surface area contributed by atoms with Crippen molar-refractivity contribution in [1.29, 1.82) is 0 Å². The topological polar surface area (TPSA) is 125 Å². The quantitative estimate of drug-likeness (QED) is 0.520. The Morgan fingerprint density at radius 1 is 1.03 bits per heavy atom. The van der Waals surface area contributed by atoms with Gasteiger partial charge >= 0.3 is 0 Å². The zero-order valence-corrected chi connectivity index (χ0v) is 17.1. The van der Waals surface area contributed by atoms with Crippen LogP contribution in [-0.4, -0.2) is 54.8 Å². The van der Waals surface area contributed by atoms with Crippen molar-refractivity contribution in [2.24, 2.45) is 0 Å². The van der Waals surface area contributed by atoms with Crippen molar-refractivity contribution in [3.8, 4) is 34.8 Å². The fourth-order valence-electron chi connectivity index (χ4n) is 2.33. The van der Waals surface area contributed by atoms with E-state index < -0.39 is 28.9 Å². The highest BCUT2D eigenvalue weighted by Crippen LogP contribution is 2.41. The second kappa shape index (κ2) is 9.47. The summed E-state index contributed by atoms with van der Waals surface area (Å²) >= 11 is 0. The number of nitrogens with zero attached hydrogens (tertiary/aromatic N) is 4. The Hall–Kier alpha value is -3.61. The van der Waals surface area contributed by atoms with Gasteiger partial charge in [-0.2, -0.15) is 4.98 Å². The first-order chi connectivity index (χ1) is 14.8. The summed E-state index contributed by atoms with van der Waals surface area (Å²) in [6, 6.07) is 7.97. The first kappa shape index (κ1) is 22.1. The van der Waals surface area contributed by atoms with E-state index in [1.807, 2.05) is 0 Å². The van der Waals surface area contributed by atoms with E-state index in [1.165, 1.54) is 25.6 Å². The molecule has 2 aromatic heterocycles. The van der Waals surface area contributed by atoms with Crippen LogP contribution >= 0.6 is 0 Å². The van der Waals surface area contributed by atoms with Gasteiger partial charge < -0.3 is 14.2 Å². The molecule has 3 rings (SSSR count). The summed E-state index contributed by atoms with van der Waals surface area (Å²) < 4.78 is 67.7. The van der Waals surface area contributed by atoms with Crippen LogP contribution in [0.2, 0.25) is 0 Å². The average Bonchev–Trinajstić information content (AvgIpc) is 2.73. The molecule has 0 aliphatic rings. The molecule has 13 heteroatoms. The number of anilines is 1. The van der Waals surface area contributed by atoms with Crippen LogP contribution in [0, 0.1) is 0 Å². The van der Waals surface area contributed by atoms with Crippen molar-refractivity contribution in [1.82, 2.24) is 19.9 Å². The van der Waals surface area contributed by atoms with Crippen molar-refractivity contribution in [3.05, 3.63) is 42.7 Å². The highest BCUT2D eigenvalue weighted by atomic mass is 32.2. The molecule has 1 N–H and O–H groups in total. The van der Waals surface area contributed by atoms with Gasteiger partial charge in [0.2, 0.25) is 21.6 Å². The maximum absolute atomic E-state index is 12.8. The molecule has 0 saturated carbocycles. The van der Waals surface area contributed by atoms with Gasteiger partial charge in [-0.25, -0.2) is 32.2 Å². The molecule has 0 saturated heterocycles. The molecule has 0 spiro atoms. The van der Waals surface area contributed by atoms with Gasteiger partial charge in [-0.3, -0.25) is 4.72 Å². The molecule has 31 heavy (non-hydrogen) atoms. The predicted molar refractivity (Wildman–Crippen MR) is 106 cm³/mol. The van der Waals surface area contributed by atoms with E-state index in [2.05, 4.69) is 24.7 Å². The number of nitrogens with one attached hydrogen (secondary N) is 1. The van der Waals surface area contributed by atoms with Gasteiger partial charge in [0.15, 0.2) is 29.7 Å². The summed E-state index contributed by atoms with van der Waals surface area (Å²) in [5, 5.41) is 0. The lowest BCUT2D eigenvalue weighted by atomic mass is 10.3. The fourth-order valence-corrected chi connectivity index (χ4v) is 2.82. The molecule has 0 bridgehead atoms. The molecule has 0 aliphatic carbocycles. The van der Waals surface area contributed by atoms with Crippen LogP contribution in [-0.2, 0) is 10.0 Å². The average molecular weight is 453 g/mol. The number of benzene rings is 1. The molecule has 0 fully saturated rings. The third-order valence-electron chi connectivity index (χ3n) is 3.51. The monoisotopic (exact) mass is 453 g/mol. The van der Waals surface area contributed by atoms with Gasteiger partial charge in [0.25, 0.3) is 12.3 Å². The second-order valence-corrected chi connectivity index (χ2v) is 7.68. The normalized spacial score (nSPS) is 11.3. The molecule has 0 aliphatic heterocycles. The highest BCUT2D eigenvalue weighted by Gasteiger charge is 2.24. The van der Waals surface area contributed by atoms with Gasteiger partial charge in [-0.15, -0.1) is 0 Å². The number of ether oxygens (including phenoxy) is 3. The number of alkyl halides is 2. The fraction of sp³-hybridized carbons (Fsp3) is 0.222. The van der Waals surface area contributed by atoms with Crippen molar-refractivity contribution < 1.29 is 31.4 Å². The maximum Gasteiger partial charge on any atom is 0.272 e. The smallest absolute Gasteiger partial charge is 0.272 e. The molecule has 0 unspecified atom stereocenters. The van der Waals surface area contributed by atoms with E-state index in [4.69, 9.17) is 14.2 Å². The number of rotatable bonds is 9. The van der Waals surface area contributed by atoms with Gasteiger partial charge in [0.05, 0.1) is 13.4 Å². The Bertz CT molecular complexity index is 1150. The Morgan fingerprint density at radius 3 is 2.32 bits per heavy atom. The summed E-state index contributed by atoms with van der Waals surface area (Å²) in [5.41, 5.74) is 0. The highest BCUT2D eigenvalue weighted by molar-refractivity contribution is 7.92. The summed E-state index contributed by atoms with van der Waals surface area (Å²) in [5.74, 6) is -0.827. The van der Waals surface area contributed by atoms with E-state index in [0.29, 0.717) is 5.75 Å². The van der Waals surface area contributed by atoms with Crippen LogP contribution in [0.5, 0.6) is 23.1 Å². The number of para-hydroxylation sites is 2. The van der Waals surface area contributed by atoms with Crippen LogP contribution in [0.25, 0.3) is 11.6 Å². The standard InChI is InChI=1S/C18H17F2N5O5S/c1-28-11-6-3-4-7-12(11)30-14-15(25-31(2,26)27)23-17(16-21-8-5-9-22-16)24-18(14)29-10-13(19)20/h3-9,13H,10H2,1-2H3,(H,23,24,25). The second-order valence-electron chi connectivity index (χ2n) is 5.93. The molecule has 10 nitrogen and oxygen atoms in total. The third-order valence-corrected chi connectivity index (χ3v) is 4.07. The van der Waals surface area contributed by atoms with Gasteiger partial charge in [0.1, 0.15) is 0 Å². The van der Waals surface area contributed by atoms with Crippen LogP contribution in [0.3, 0.4) is 0 Å². The predicted octanol–water partition coefficient (Wildman–Crippen LogP) is 2.75. The van der Waals surface area contributed by atoms with Crippen LogP contribution < -0.4 is 18.9 Å². The minimum atomic E-state index is -3.85. The van der Waals surface area contributed by atoms with E-state index in [-0.39, 0.29) is 29.0 Å². The zero-order valence-electron chi connectivity index (χ0n) is 16.3. The third kappa shape index (κ3) is 5.94. The van der Waals surface area contributed by atoms with E-state index in [9.17, 15) is 17.2 Å². The van der Waals surface area contributed by atoms with Gasteiger partial charge in [-0.1, -0.05) is 12.1 Å². The van der Waals surface area contributed by atoms with Crippen molar-refractivity contribution >= 4 is 15.8 Å². The maximum atomic E-state index is 12.8. The minimum absolute atomic E-state index is 0.0183. The molecular formula is C18H17F2N5O5S. The largest absolute Gasteiger partial charge is 0.493 e. The van der Waals surface area contributed by atoms with E-state index in [0.717, 1.165) is 6.26 Å². The molecule has 3 aromatic rings. The molecule has 2 heterocycles. The van der Waals surface area contributed by atoms with Crippen molar-refractivity contribution in [2.45, 2.75) is 6.43 Å². The lowest BCUT2D eigenvalue weighted by molar-refractivity contribution is 0.0783. The number of hydrogen-bond donors (Lipinski definition) is 1. The first-order valence-electron chi connectivity index (χ1n) is 8.66.